The van der Waals surface area contributed by atoms with E-state index in [2.05, 4.69) is 15.5 Å². The summed E-state index contributed by atoms with van der Waals surface area (Å²) in [6.07, 6.45) is -0.600. The van der Waals surface area contributed by atoms with Crippen molar-refractivity contribution in [3.63, 3.8) is 0 Å². The molecule has 0 bridgehead atoms. The van der Waals surface area contributed by atoms with Crippen molar-refractivity contribution in [2.75, 3.05) is 11.9 Å². The molecule has 1 amide bonds. The van der Waals surface area contributed by atoms with Gasteiger partial charge in [0, 0.05) is 17.7 Å². The van der Waals surface area contributed by atoms with E-state index in [4.69, 9.17) is 13.9 Å². The highest BCUT2D eigenvalue weighted by Crippen LogP contribution is 2.35. The molecule has 0 aliphatic carbocycles. The molecule has 2 aromatic carbocycles. The number of hydrogen-bond acceptors (Lipinski definition) is 8. The Balaban J connectivity index is 1.44. The zero-order valence-electron chi connectivity index (χ0n) is 13.7. The number of ether oxygens (including phenoxy) is 2. The Morgan fingerprint density at radius 1 is 1.11 bits per heavy atom. The number of carbonyl (C=O) groups excluding carboxylic acids is 1. The number of nitro benzene ring substituents is 1. The van der Waals surface area contributed by atoms with Crippen molar-refractivity contribution in [2.24, 2.45) is 0 Å². The minimum absolute atomic E-state index is 0.110. The summed E-state index contributed by atoms with van der Waals surface area (Å²) in [4.78, 5) is 22.3. The molecule has 10 nitrogen and oxygen atoms in total. The van der Waals surface area contributed by atoms with Gasteiger partial charge in [0.05, 0.1) is 4.92 Å². The first-order valence-electron chi connectivity index (χ1n) is 7.88. The number of nitrogens with one attached hydrogen (secondary N) is 1. The van der Waals surface area contributed by atoms with Crippen molar-refractivity contribution in [3.8, 4) is 11.5 Å². The van der Waals surface area contributed by atoms with Crippen LogP contribution in [-0.4, -0.2) is 27.6 Å². The van der Waals surface area contributed by atoms with Crippen LogP contribution in [0.4, 0.5) is 11.7 Å². The van der Waals surface area contributed by atoms with Gasteiger partial charge in [-0.15, -0.1) is 5.10 Å². The van der Waals surface area contributed by atoms with E-state index in [1.54, 1.807) is 12.1 Å². The molecule has 1 atom stereocenters. The summed E-state index contributed by atoms with van der Waals surface area (Å²) in [6.45, 7) is 0.189. The number of nitrogens with zero attached hydrogens (tertiary/aromatic N) is 3. The quantitative estimate of drug-likeness (QED) is 0.549. The Morgan fingerprint density at radius 3 is 2.59 bits per heavy atom. The number of para-hydroxylation sites is 2. The van der Waals surface area contributed by atoms with Gasteiger partial charge in [-0.2, -0.15) is 0 Å². The van der Waals surface area contributed by atoms with Crippen LogP contribution in [0.25, 0.3) is 0 Å². The summed E-state index contributed by atoms with van der Waals surface area (Å²) >= 11 is 0. The van der Waals surface area contributed by atoms with Crippen molar-refractivity contribution in [1.82, 2.24) is 10.2 Å². The lowest BCUT2D eigenvalue weighted by Crippen LogP contribution is -2.21. The topological polar surface area (TPSA) is 130 Å². The summed E-state index contributed by atoms with van der Waals surface area (Å²) in [6, 6.07) is 12.2. The highest BCUT2D eigenvalue weighted by Gasteiger charge is 2.27. The zero-order valence-corrected chi connectivity index (χ0v) is 13.7. The predicted molar refractivity (Wildman–Crippen MR) is 90.7 cm³/mol. The summed E-state index contributed by atoms with van der Waals surface area (Å²) in [5, 5.41) is 20.7. The Kier molecular flexibility index (Phi) is 4.13. The van der Waals surface area contributed by atoms with Crippen LogP contribution in [0.5, 0.6) is 11.5 Å². The van der Waals surface area contributed by atoms with Gasteiger partial charge in [0.1, 0.15) is 6.61 Å². The fourth-order valence-electron chi connectivity index (χ4n) is 2.46. The Labute approximate surface area is 151 Å². The molecule has 4 rings (SSSR count). The average molecular weight is 368 g/mol. The molecule has 1 N–H and O–H groups in total. The van der Waals surface area contributed by atoms with Gasteiger partial charge in [0.15, 0.2) is 11.5 Å². The zero-order chi connectivity index (χ0) is 18.8. The maximum Gasteiger partial charge on any atom is 0.322 e. The number of hydrogen-bond donors (Lipinski definition) is 1. The molecular formula is C17H12N4O6. The molecule has 3 aromatic rings. The largest absolute Gasteiger partial charge is 0.485 e. The van der Waals surface area contributed by atoms with Gasteiger partial charge in [-0.25, -0.2) is 0 Å². The molecular weight excluding hydrogens is 356 g/mol. The fourth-order valence-corrected chi connectivity index (χ4v) is 2.46. The van der Waals surface area contributed by atoms with Crippen LogP contribution in [0.15, 0.2) is 52.9 Å². The summed E-state index contributed by atoms with van der Waals surface area (Å²) in [7, 11) is 0. The third kappa shape index (κ3) is 3.40. The van der Waals surface area contributed by atoms with Crippen molar-refractivity contribution >= 4 is 17.6 Å². The summed E-state index contributed by atoms with van der Waals surface area (Å²) in [5.41, 5.74) is 0.105. The third-order valence-electron chi connectivity index (χ3n) is 3.79. The normalized spacial score (nSPS) is 15.2. The number of rotatable bonds is 4. The van der Waals surface area contributed by atoms with Gasteiger partial charge in [-0.05, 0) is 24.3 Å². The molecule has 136 valence electrons. The number of aromatic nitrogens is 2. The van der Waals surface area contributed by atoms with Crippen molar-refractivity contribution in [2.45, 2.75) is 6.10 Å². The molecule has 1 aliphatic heterocycles. The lowest BCUT2D eigenvalue weighted by molar-refractivity contribution is -0.384. The molecule has 0 fully saturated rings. The van der Waals surface area contributed by atoms with E-state index >= 15 is 0 Å². The Bertz CT molecular complexity index is 1000. The monoisotopic (exact) mass is 368 g/mol. The number of benzene rings is 2. The first-order chi connectivity index (χ1) is 13.1. The van der Waals surface area contributed by atoms with Crippen molar-refractivity contribution in [1.29, 1.82) is 0 Å². The number of carbonyl (C=O) groups is 1. The van der Waals surface area contributed by atoms with Crippen LogP contribution in [0.2, 0.25) is 0 Å². The second-order valence-electron chi connectivity index (χ2n) is 5.57. The van der Waals surface area contributed by atoms with E-state index in [0.717, 1.165) is 0 Å². The lowest BCUT2D eigenvalue weighted by atomic mass is 10.2. The van der Waals surface area contributed by atoms with Gasteiger partial charge in [-0.1, -0.05) is 17.2 Å². The van der Waals surface area contributed by atoms with Gasteiger partial charge < -0.3 is 13.9 Å². The number of amides is 1. The van der Waals surface area contributed by atoms with Gasteiger partial charge in [0.25, 0.3) is 17.5 Å². The van der Waals surface area contributed by atoms with E-state index in [0.29, 0.717) is 11.5 Å². The standard InChI is InChI=1S/C17H12N4O6/c22-15(10-5-7-11(8-6-10)21(23)24)18-17-20-19-16(27-17)14-9-25-12-3-1-2-4-13(12)26-14/h1-8,14H,9H2,(H,18,20,22)/t14-/m0/s1. The van der Waals surface area contributed by atoms with Gasteiger partial charge in [-0.3, -0.25) is 20.2 Å². The molecule has 10 heteroatoms. The van der Waals surface area contributed by atoms with Crippen LogP contribution in [0.1, 0.15) is 22.4 Å². The SMILES string of the molecule is O=C(Nc1nnc([C@@H]2COc3ccccc3O2)o1)c1ccc([N+](=O)[O-])cc1. The van der Waals surface area contributed by atoms with E-state index in [-0.39, 0.29) is 29.8 Å². The number of nitro groups is 1. The second kappa shape index (κ2) is 6.75. The van der Waals surface area contributed by atoms with Crippen molar-refractivity contribution < 1.29 is 23.6 Å². The van der Waals surface area contributed by atoms with E-state index in [1.165, 1.54) is 24.3 Å². The average Bonchev–Trinajstić information content (AvgIpc) is 3.16. The molecule has 0 saturated carbocycles. The van der Waals surface area contributed by atoms with Crippen LogP contribution in [-0.2, 0) is 0 Å². The third-order valence-corrected chi connectivity index (χ3v) is 3.79. The van der Waals surface area contributed by atoms with Crippen LogP contribution in [0, 0.1) is 10.1 Å². The first-order valence-corrected chi connectivity index (χ1v) is 7.88. The molecule has 0 radical (unpaired) electrons. The number of anilines is 1. The molecule has 0 saturated heterocycles. The predicted octanol–water partition coefficient (Wildman–Crippen LogP) is 2.74. The van der Waals surface area contributed by atoms with Crippen LogP contribution < -0.4 is 14.8 Å². The van der Waals surface area contributed by atoms with E-state index in [1.807, 2.05) is 12.1 Å². The van der Waals surface area contributed by atoms with Gasteiger partial charge in [0.2, 0.25) is 6.10 Å². The highest BCUT2D eigenvalue weighted by molar-refractivity contribution is 6.03. The van der Waals surface area contributed by atoms with Crippen LogP contribution in [0.3, 0.4) is 0 Å². The van der Waals surface area contributed by atoms with Gasteiger partial charge >= 0.3 is 6.01 Å². The molecule has 27 heavy (non-hydrogen) atoms. The summed E-state index contributed by atoms with van der Waals surface area (Å²) < 4.78 is 16.8. The second-order valence-corrected chi connectivity index (χ2v) is 5.57. The lowest BCUT2D eigenvalue weighted by Gasteiger charge is -2.23. The molecule has 1 aromatic heterocycles. The molecule has 2 heterocycles. The molecule has 0 unspecified atom stereocenters. The van der Waals surface area contributed by atoms with E-state index < -0.39 is 16.9 Å². The van der Waals surface area contributed by atoms with E-state index in [9.17, 15) is 14.9 Å². The molecule has 1 aliphatic rings. The minimum atomic E-state index is -0.600. The smallest absolute Gasteiger partial charge is 0.322 e. The number of non-ortho nitro benzene ring substituents is 1. The van der Waals surface area contributed by atoms with Crippen LogP contribution >= 0.6 is 0 Å². The highest BCUT2D eigenvalue weighted by atomic mass is 16.6. The Hall–Kier alpha value is -3.95. The molecule has 0 spiro atoms. The fraction of sp³-hybridized carbons (Fsp3) is 0.118. The number of fused-ring (bicyclic) bond motifs is 1. The minimum Gasteiger partial charge on any atom is -0.485 e. The van der Waals surface area contributed by atoms with Crippen molar-refractivity contribution in [3.05, 3.63) is 70.1 Å². The maximum atomic E-state index is 12.2. The summed E-state index contributed by atoms with van der Waals surface area (Å²) in [5.74, 6) is 0.804. The maximum absolute atomic E-state index is 12.2. The first kappa shape index (κ1) is 16.5. The Morgan fingerprint density at radius 2 is 1.85 bits per heavy atom.